The fourth-order valence-electron chi connectivity index (χ4n) is 3.53. The van der Waals surface area contributed by atoms with Gasteiger partial charge in [-0.05, 0) is 68.0 Å². The summed E-state index contributed by atoms with van der Waals surface area (Å²) in [7, 11) is -3.30. The average Bonchev–Trinajstić information content (AvgIpc) is 2.68. The topological polar surface area (TPSA) is 66.5 Å². The first kappa shape index (κ1) is 20.4. The maximum Gasteiger partial charge on any atom is 0.251 e. The standard InChI is InChI=1S/C22H28N2O3S/c1-4-21(18-11-10-16(2)17(3)14-18)23-22(25)19-8-7-9-20(15-19)24-12-5-6-13-28(24,26)27/h7-11,14-15,21H,4-6,12-13H2,1-3H3,(H,23,25). The largest absolute Gasteiger partial charge is 0.345 e. The Morgan fingerprint density at radius 1 is 1.11 bits per heavy atom. The van der Waals surface area contributed by atoms with Crippen LogP contribution in [0.2, 0.25) is 0 Å². The number of nitrogens with one attached hydrogen (secondary N) is 1. The number of nitrogens with zero attached hydrogens (tertiary/aromatic N) is 1. The molecule has 0 bridgehead atoms. The molecule has 1 atom stereocenters. The van der Waals surface area contributed by atoms with Gasteiger partial charge in [-0.3, -0.25) is 9.10 Å². The molecule has 0 aliphatic carbocycles. The van der Waals surface area contributed by atoms with E-state index in [1.54, 1.807) is 24.3 Å². The van der Waals surface area contributed by atoms with Crippen molar-refractivity contribution in [2.24, 2.45) is 0 Å². The van der Waals surface area contributed by atoms with Crippen LogP contribution in [0, 0.1) is 13.8 Å². The molecule has 0 radical (unpaired) electrons. The van der Waals surface area contributed by atoms with Gasteiger partial charge in [0.25, 0.3) is 5.91 Å². The third kappa shape index (κ3) is 4.38. The number of carbonyl (C=O) groups is 1. The van der Waals surface area contributed by atoms with Gasteiger partial charge >= 0.3 is 0 Å². The summed E-state index contributed by atoms with van der Waals surface area (Å²) < 4.78 is 26.1. The van der Waals surface area contributed by atoms with Gasteiger partial charge in [0.15, 0.2) is 0 Å². The summed E-state index contributed by atoms with van der Waals surface area (Å²) >= 11 is 0. The van der Waals surface area contributed by atoms with E-state index in [0.29, 0.717) is 24.2 Å². The van der Waals surface area contributed by atoms with E-state index in [1.165, 1.54) is 15.4 Å². The van der Waals surface area contributed by atoms with Crippen LogP contribution in [0.25, 0.3) is 0 Å². The summed E-state index contributed by atoms with van der Waals surface area (Å²) in [5.41, 5.74) is 4.53. The predicted octanol–water partition coefficient (Wildman–Crippen LogP) is 4.11. The molecule has 1 N–H and O–H groups in total. The molecule has 1 fully saturated rings. The van der Waals surface area contributed by atoms with Crippen LogP contribution in [0.1, 0.15) is 59.3 Å². The molecule has 2 aromatic carbocycles. The lowest BCUT2D eigenvalue weighted by Gasteiger charge is -2.28. The summed E-state index contributed by atoms with van der Waals surface area (Å²) in [5, 5.41) is 3.09. The van der Waals surface area contributed by atoms with Crippen LogP contribution in [-0.2, 0) is 10.0 Å². The van der Waals surface area contributed by atoms with Crippen LogP contribution in [0.4, 0.5) is 5.69 Å². The van der Waals surface area contributed by atoms with Crippen molar-refractivity contribution in [3.8, 4) is 0 Å². The molecule has 150 valence electrons. The molecule has 3 rings (SSSR count). The van der Waals surface area contributed by atoms with Crippen LogP contribution in [0.15, 0.2) is 42.5 Å². The van der Waals surface area contributed by atoms with Gasteiger partial charge in [0, 0.05) is 12.1 Å². The molecule has 1 aliphatic rings. The maximum absolute atomic E-state index is 12.9. The summed E-state index contributed by atoms with van der Waals surface area (Å²) in [6.07, 6.45) is 2.29. The van der Waals surface area contributed by atoms with Gasteiger partial charge in [0.05, 0.1) is 17.5 Å². The Bertz CT molecular complexity index is 969. The summed E-state index contributed by atoms with van der Waals surface area (Å²) in [6.45, 7) is 6.64. The number of hydrogen-bond acceptors (Lipinski definition) is 3. The Kier molecular flexibility index (Phi) is 6.08. The van der Waals surface area contributed by atoms with Crippen molar-refractivity contribution in [2.75, 3.05) is 16.6 Å². The summed E-state index contributed by atoms with van der Waals surface area (Å²) in [6, 6.07) is 13.0. The monoisotopic (exact) mass is 400 g/mol. The lowest BCUT2D eigenvalue weighted by Crippen LogP contribution is -2.38. The van der Waals surface area contributed by atoms with Crippen molar-refractivity contribution in [1.29, 1.82) is 0 Å². The van der Waals surface area contributed by atoms with Crippen molar-refractivity contribution < 1.29 is 13.2 Å². The third-order valence-electron chi connectivity index (χ3n) is 5.39. The molecule has 1 unspecified atom stereocenters. The predicted molar refractivity (Wildman–Crippen MR) is 113 cm³/mol. The second-order valence-electron chi connectivity index (χ2n) is 7.42. The molecule has 1 saturated heterocycles. The zero-order valence-corrected chi connectivity index (χ0v) is 17.6. The lowest BCUT2D eigenvalue weighted by molar-refractivity contribution is 0.0935. The first-order valence-corrected chi connectivity index (χ1v) is 11.4. The van der Waals surface area contributed by atoms with E-state index in [9.17, 15) is 13.2 Å². The number of hydrogen-bond donors (Lipinski definition) is 1. The molecule has 1 amide bonds. The highest BCUT2D eigenvalue weighted by molar-refractivity contribution is 7.92. The SMILES string of the molecule is CCC(NC(=O)c1cccc(N2CCCCS2(=O)=O)c1)c1ccc(C)c(C)c1. The second-order valence-corrected chi connectivity index (χ2v) is 9.44. The van der Waals surface area contributed by atoms with Gasteiger partial charge in [-0.25, -0.2) is 8.42 Å². The molecule has 28 heavy (non-hydrogen) atoms. The van der Waals surface area contributed by atoms with Gasteiger partial charge in [-0.1, -0.05) is 31.2 Å². The third-order valence-corrected chi connectivity index (χ3v) is 7.26. The van der Waals surface area contributed by atoms with E-state index in [4.69, 9.17) is 0 Å². The van der Waals surface area contributed by atoms with Crippen molar-refractivity contribution in [3.05, 3.63) is 64.7 Å². The van der Waals surface area contributed by atoms with Gasteiger partial charge in [0.2, 0.25) is 10.0 Å². The smallest absolute Gasteiger partial charge is 0.251 e. The van der Waals surface area contributed by atoms with Crippen LogP contribution < -0.4 is 9.62 Å². The number of amides is 1. The lowest BCUT2D eigenvalue weighted by atomic mass is 9.99. The van der Waals surface area contributed by atoms with Crippen molar-refractivity contribution in [3.63, 3.8) is 0 Å². The summed E-state index contributed by atoms with van der Waals surface area (Å²) in [5.74, 6) is -0.0324. The molecule has 6 heteroatoms. The summed E-state index contributed by atoms with van der Waals surface area (Å²) in [4.78, 5) is 12.9. The zero-order valence-electron chi connectivity index (χ0n) is 16.7. The maximum atomic E-state index is 12.9. The highest BCUT2D eigenvalue weighted by Crippen LogP contribution is 2.25. The molecule has 0 spiro atoms. The van der Waals surface area contributed by atoms with E-state index in [0.717, 1.165) is 18.4 Å². The number of aryl methyl sites for hydroxylation is 2. The Morgan fingerprint density at radius 3 is 2.57 bits per heavy atom. The number of rotatable bonds is 5. The molecule has 0 saturated carbocycles. The first-order chi connectivity index (χ1) is 13.3. The Hall–Kier alpha value is -2.34. The number of benzene rings is 2. The molecule has 0 aromatic heterocycles. The fraction of sp³-hybridized carbons (Fsp3) is 0.409. The minimum absolute atomic E-state index is 0.0887. The van der Waals surface area contributed by atoms with Gasteiger partial charge in [-0.15, -0.1) is 0 Å². The van der Waals surface area contributed by atoms with Crippen LogP contribution >= 0.6 is 0 Å². The minimum Gasteiger partial charge on any atom is -0.345 e. The van der Waals surface area contributed by atoms with Crippen LogP contribution in [0.3, 0.4) is 0 Å². The molecule has 1 heterocycles. The number of anilines is 1. The van der Waals surface area contributed by atoms with E-state index in [1.807, 2.05) is 13.0 Å². The van der Waals surface area contributed by atoms with E-state index >= 15 is 0 Å². The highest BCUT2D eigenvalue weighted by atomic mass is 32.2. The average molecular weight is 401 g/mol. The van der Waals surface area contributed by atoms with E-state index < -0.39 is 10.0 Å². The molecular formula is C22H28N2O3S. The second kappa shape index (κ2) is 8.35. The van der Waals surface area contributed by atoms with Crippen LogP contribution in [0.5, 0.6) is 0 Å². The Labute approximate surface area is 167 Å². The van der Waals surface area contributed by atoms with Crippen LogP contribution in [-0.4, -0.2) is 26.6 Å². The van der Waals surface area contributed by atoms with Crippen molar-refractivity contribution in [2.45, 2.75) is 46.1 Å². The first-order valence-electron chi connectivity index (χ1n) is 9.80. The Morgan fingerprint density at radius 2 is 1.89 bits per heavy atom. The van der Waals surface area contributed by atoms with E-state index in [2.05, 4.69) is 31.3 Å². The quantitative estimate of drug-likeness (QED) is 0.821. The highest BCUT2D eigenvalue weighted by Gasteiger charge is 2.26. The van der Waals surface area contributed by atoms with E-state index in [-0.39, 0.29) is 17.7 Å². The number of carbonyl (C=O) groups excluding carboxylic acids is 1. The molecule has 5 nitrogen and oxygen atoms in total. The zero-order chi connectivity index (χ0) is 20.3. The Balaban J connectivity index is 1.81. The van der Waals surface area contributed by atoms with Gasteiger partial charge < -0.3 is 5.32 Å². The number of sulfonamides is 1. The molecule has 2 aromatic rings. The molecule has 1 aliphatic heterocycles. The van der Waals surface area contributed by atoms with Crippen molar-refractivity contribution >= 4 is 21.6 Å². The fourth-order valence-corrected chi connectivity index (χ4v) is 5.16. The van der Waals surface area contributed by atoms with Gasteiger partial charge in [0.1, 0.15) is 0 Å². The van der Waals surface area contributed by atoms with Crippen molar-refractivity contribution in [1.82, 2.24) is 5.32 Å². The minimum atomic E-state index is -3.30. The van der Waals surface area contributed by atoms with Gasteiger partial charge in [-0.2, -0.15) is 0 Å². The molecular weight excluding hydrogens is 372 g/mol. The normalized spacial score (nSPS) is 17.2.